The number of carbonyl (C=O) groups excluding carboxylic acids is 2. The fourth-order valence-electron chi connectivity index (χ4n) is 9.64. The van der Waals surface area contributed by atoms with Gasteiger partial charge in [-0.1, -0.05) is 289 Å². The van der Waals surface area contributed by atoms with Gasteiger partial charge in [0.05, 0.1) is 25.4 Å². The van der Waals surface area contributed by atoms with Crippen LogP contribution in [-0.2, 0) is 14.3 Å². The molecule has 0 saturated carbocycles. The fraction of sp³-hybridized carbons (Fsp3) is 0.934. The van der Waals surface area contributed by atoms with Gasteiger partial charge in [-0.3, -0.25) is 9.59 Å². The van der Waals surface area contributed by atoms with Crippen LogP contribution < -0.4 is 5.32 Å². The highest BCUT2D eigenvalue weighted by Crippen LogP contribution is 2.18. The molecule has 0 heterocycles. The van der Waals surface area contributed by atoms with Gasteiger partial charge in [-0.05, 0) is 51.4 Å². The molecule has 0 aromatic rings. The molecule has 2 unspecified atom stereocenters. The summed E-state index contributed by atoms with van der Waals surface area (Å²) in [6, 6.07) is -0.543. The van der Waals surface area contributed by atoms with E-state index < -0.39 is 12.1 Å². The third-order valence-electron chi connectivity index (χ3n) is 14.3. The molecule has 0 rings (SSSR count). The van der Waals surface area contributed by atoms with Crippen LogP contribution in [0.5, 0.6) is 0 Å². The van der Waals surface area contributed by atoms with E-state index in [-0.39, 0.29) is 18.5 Å². The molecule has 2 atom stereocenters. The molecule has 0 fully saturated rings. The highest BCUT2D eigenvalue weighted by molar-refractivity contribution is 5.76. The van der Waals surface area contributed by atoms with E-state index in [4.69, 9.17) is 4.74 Å². The van der Waals surface area contributed by atoms with E-state index in [9.17, 15) is 19.8 Å². The van der Waals surface area contributed by atoms with Gasteiger partial charge in [-0.25, -0.2) is 0 Å². The summed E-state index contributed by atoms with van der Waals surface area (Å²) in [4.78, 5) is 24.5. The van der Waals surface area contributed by atoms with Crippen LogP contribution in [0.3, 0.4) is 0 Å². The Morgan fingerprint density at radius 3 is 1.06 bits per heavy atom. The van der Waals surface area contributed by atoms with E-state index in [0.717, 1.165) is 38.5 Å². The Balaban J connectivity index is 3.39. The fourth-order valence-corrected chi connectivity index (χ4v) is 9.64. The zero-order valence-corrected chi connectivity index (χ0v) is 45.4. The summed E-state index contributed by atoms with van der Waals surface area (Å²) in [7, 11) is 0. The second kappa shape index (κ2) is 57.2. The lowest BCUT2D eigenvalue weighted by atomic mass is 10.0. The molecule has 6 heteroatoms. The highest BCUT2D eigenvalue weighted by atomic mass is 16.5. The molecule has 0 saturated heterocycles. The van der Waals surface area contributed by atoms with Crippen LogP contribution in [-0.4, -0.2) is 47.4 Å². The largest absolute Gasteiger partial charge is 0.466 e. The second-order valence-corrected chi connectivity index (χ2v) is 21.0. The molecule has 1 amide bonds. The molecule has 0 aromatic heterocycles. The first-order chi connectivity index (χ1) is 33.0. The van der Waals surface area contributed by atoms with E-state index in [1.54, 1.807) is 0 Å². The van der Waals surface area contributed by atoms with Gasteiger partial charge in [0.15, 0.2) is 0 Å². The SMILES string of the molecule is CCCCCCCCCCCCCCCCC(O)C(CO)NC(=O)CCCCCCCCCC/C=C\CCCCCCCCCCCCCCOC(=O)CCCCCCCCCCCCCC. The number of amides is 1. The molecule has 0 aliphatic heterocycles. The Morgan fingerprint density at radius 2 is 0.701 bits per heavy atom. The maximum absolute atomic E-state index is 12.5. The Kier molecular flexibility index (Phi) is 56.0. The molecule has 67 heavy (non-hydrogen) atoms. The Bertz CT molecular complexity index is 1000. The van der Waals surface area contributed by atoms with Gasteiger partial charge in [0.25, 0.3) is 0 Å². The van der Waals surface area contributed by atoms with Crippen LogP contribution in [0.2, 0.25) is 0 Å². The number of aliphatic hydroxyl groups is 2. The van der Waals surface area contributed by atoms with Gasteiger partial charge < -0.3 is 20.3 Å². The first-order valence-electron chi connectivity index (χ1n) is 30.4. The van der Waals surface area contributed by atoms with E-state index in [1.165, 1.54) is 270 Å². The summed E-state index contributed by atoms with van der Waals surface area (Å²) in [5, 5.41) is 23.3. The lowest BCUT2D eigenvalue weighted by Crippen LogP contribution is -2.45. The van der Waals surface area contributed by atoms with Crippen LogP contribution in [0.15, 0.2) is 12.2 Å². The number of carbonyl (C=O) groups is 2. The number of allylic oxidation sites excluding steroid dienone is 2. The number of unbranched alkanes of at least 4 members (excludes halogenated alkanes) is 44. The van der Waals surface area contributed by atoms with Crippen molar-refractivity contribution < 1.29 is 24.5 Å². The topological polar surface area (TPSA) is 95.9 Å². The van der Waals surface area contributed by atoms with Crippen LogP contribution >= 0.6 is 0 Å². The summed E-state index contributed by atoms with van der Waals surface area (Å²) < 4.78 is 5.47. The van der Waals surface area contributed by atoms with Crippen molar-refractivity contribution in [3.63, 3.8) is 0 Å². The monoisotopic (exact) mass is 946 g/mol. The quantitative estimate of drug-likeness (QED) is 0.0321. The minimum absolute atomic E-state index is 0.0137. The second-order valence-electron chi connectivity index (χ2n) is 21.0. The predicted octanol–water partition coefficient (Wildman–Crippen LogP) is 18.9. The molecule has 0 aromatic carbocycles. The molecule has 3 N–H and O–H groups in total. The predicted molar refractivity (Wildman–Crippen MR) is 292 cm³/mol. The summed E-state index contributed by atoms with van der Waals surface area (Å²) >= 11 is 0. The van der Waals surface area contributed by atoms with Crippen molar-refractivity contribution in [2.24, 2.45) is 0 Å². The molecule has 0 aliphatic carbocycles. The van der Waals surface area contributed by atoms with E-state index in [2.05, 4.69) is 31.3 Å². The van der Waals surface area contributed by atoms with Crippen molar-refractivity contribution in [1.29, 1.82) is 0 Å². The van der Waals surface area contributed by atoms with Gasteiger partial charge in [0, 0.05) is 12.8 Å². The first kappa shape index (κ1) is 65.6. The van der Waals surface area contributed by atoms with Crippen molar-refractivity contribution in [3.05, 3.63) is 12.2 Å². The minimum atomic E-state index is -0.666. The van der Waals surface area contributed by atoms with Crippen LogP contribution in [0.1, 0.15) is 341 Å². The minimum Gasteiger partial charge on any atom is -0.466 e. The Hall–Kier alpha value is -1.40. The number of ether oxygens (including phenoxy) is 1. The Morgan fingerprint density at radius 1 is 0.403 bits per heavy atom. The standard InChI is InChI=1S/C61H119NO5/c1-3-5-7-9-11-13-15-17-30-33-37-41-45-49-53-59(64)58(57-63)62-60(65)54-50-46-42-38-34-31-28-26-24-22-20-18-19-21-23-25-27-29-32-36-40-44-48-52-56-67-61(66)55-51-47-43-39-35-16-14-12-10-8-6-4-2/h20,22,58-59,63-64H,3-19,21,23-57H2,1-2H3,(H,62,65)/b22-20-. The van der Waals surface area contributed by atoms with Gasteiger partial charge in [-0.15, -0.1) is 0 Å². The highest BCUT2D eigenvalue weighted by Gasteiger charge is 2.20. The maximum Gasteiger partial charge on any atom is 0.305 e. The molecule has 0 spiro atoms. The maximum atomic E-state index is 12.5. The zero-order chi connectivity index (χ0) is 48.6. The zero-order valence-electron chi connectivity index (χ0n) is 45.4. The van der Waals surface area contributed by atoms with Gasteiger partial charge >= 0.3 is 5.97 Å². The van der Waals surface area contributed by atoms with Crippen LogP contribution in [0.4, 0.5) is 0 Å². The third kappa shape index (κ3) is 53.8. The molecule has 0 aliphatic rings. The summed E-state index contributed by atoms with van der Waals surface area (Å²) in [5.74, 6) is -0.0239. The van der Waals surface area contributed by atoms with Crippen molar-refractivity contribution in [2.75, 3.05) is 13.2 Å². The average molecular weight is 947 g/mol. The number of rotatable bonds is 57. The number of hydrogen-bond donors (Lipinski definition) is 3. The Labute approximate surface area is 419 Å². The lowest BCUT2D eigenvalue weighted by molar-refractivity contribution is -0.143. The van der Waals surface area contributed by atoms with Crippen molar-refractivity contribution in [3.8, 4) is 0 Å². The van der Waals surface area contributed by atoms with E-state index in [1.807, 2.05) is 0 Å². The summed E-state index contributed by atoms with van der Waals surface area (Å²) in [6.07, 6.45) is 67.9. The average Bonchev–Trinajstić information content (AvgIpc) is 3.33. The molecule has 6 nitrogen and oxygen atoms in total. The third-order valence-corrected chi connectivity index (χ3v) is 14.3. The number of esters is 1. The van der Waals surface area contributed by atoms with Crippen molar-refractivity contribution >= 4 is 11.9 Å². The van der Waals surface area contributed by atoms with Crippen LogP contribution in [0, 0.1) is 0 Å². The first-order valence-corrected chi connectivity index (χ1v) is 30.4. The smallest absolute Gasteiger partial charge is 0.305 e. The molecule has 0 radical (unpaired) electrons. The molecule has 398 valence electrons. The number of hydrogen-bond acceptors (Lipinski definition) is 5. The van der Waals surface area contributed by atoms with Crippen LogP contribution in [0.25, 0.3) is 0 Å². The molecule has 0 bridgehead atoms. The molecular weight excluding hydrogens is 827 g/mol. The van der Waals surface area contributed by atoms with E-state index >= 15 is 0 Å². The van der Waals surface area contributed by atoms with Gasteiger partial charge in [0.1, 0.15) is 0 Å². The van der Waals surface area contributed by atoms with Crippen molar-refractivity contribution in [1.82, 2.24) is 5.32 Å². The normalized spacial score (nSPS) is 12.6. The lowest BCUT2D eigenvalue weighted by Gasteiger charge is -2.22. The molecular formula is C61H119NO5. The number of aliphatic hydroxyl groups excluding tert-OH is 2. The van der Waals surface area contributed by atoms with Crippen molar-refractivity contribution in [2.45, 2.75) is 353 Å². The van der Waals surface area contributed by atoms with E-state index in [0.29, 0.717) is 25.9 Å². The number of nitrogens with one attached hydrogen (secondary N) is 1. The summed E-state index contributed by atoms with van der Waals surface area (Å²) in [6.45, 7) is 4.97. The van der Waals surface area contributed by atoms with Gasteiger partial charge in [0.2, 0.25) is 5.91 Å². The summed E-state index contributed by atoms with van der Waals surface area (Å²) in [5.41, 5.74) is 0. The van der Waals surface area contributed by atoms with Gasteiger partial charge in [-0.2, -0.15) is 0 Å².